The van der Waals surface area contributed by atoms with Gasteiger partial charge in [0.25, 0.3) is 0 Å². The average Bonchev–Trinajstić information content (AvgIpc) is 2.12. The zero-order valence-corrected chi connectivity index (χ0v) is 8.83. The number of rotatable bonds is 2. The Morgan fingerprint density at radius 1 is 1.12 bits per heavy atom. The van der Waals surface area contributed by atoms with Crippen molar-refractivity contribution in [2.75, 3.05) is 13.1 Å². The second-order valence-electron chi connectivity index (χ2n) is 4.34. The van der Waals surface area contributed by atoms with E-state index in [1.165, 1.54) is 0 Å². The normalized spacial score (nSPS) is 27.5. The van der Waals surface area contributed by atoms with Crippen LogP contribution < -0.4 is 5.32 Å². The lowest BCUT2D eigenvalue weighted by molar-refractivity contribution is -0.295. The molecule has 1 rings (SSSR count). The van der Waals surface area contributed by atoms with Gasteiger partial charge in [0.2, 0.25) is 0 Å². The number of nitrogens with one attached hydrogen (secondary N) is 1. The van der Waals surface area contributed by atoms with Gasteiger partial charge in [-0.1, -0.05) is 0 Å². The lowest BCUT2D eigenvalue weighted by Gasteiger charge is -2.36. The summed E-state index contributed by atoms with van der Waals surface area (Å²) in [6.45, 7) is 0.251. The number of hydrogen-bond acceptors (Lipinski definition) is 2. The van der Waals surface area contributed by atoms with E-state index >= 15 is 0 Å². The molecule has 1 fully saturated rings. The molecule has 17 heavy (non-hydrogen) atoms. The number of hydrogen-bond donors (Lipinski definition) is 2. The minimum absolute atomic E-state index is 0.0529. The van der Waals surface area contributed by atoms with E-state index in [9.17, 15) is 31.4 Å². The van der Waals surface area contributed by atoms with Crippen LogP contribution >= 0.6 is 0 Å². The highest BCUT2D eigenvalue weighted by Crippen LogP contribution is 2.44. The molecule has 0 aromatic carbocycles. The van der Waals surface area contributed by atoms with Gasteiger partial charge in [0.15, 0.2) is 5.92 Å². The molecule has 1 unspecified atom stereocenters. The average molecular weight is 265 g/mol. The van der Waals surface area contributed by atoms with Crippen molar-refractivity contribution in [3.05, 3.63) is 0 Å². The first-order valence-corrected chi connectivity index (χ1v) is 5.11. The largest absolute Gasteiger partial charge is 0.400 e. The van der Waals surface area contributed by atoms with E-state index < -0.39 is 30.3 Å². The SMILES string of the molecule is OC1(CC(C(F)(F)F)C(F)(F)F)CCCNC1. The van der Waals surface area contributed by atoms with Gasteiger partial charge in [-0.05, 0) is 25.8 Å². The number of aliphatic hydroxyl groups is 1. The van der Waals surface area contributed by atoms with Crippen molar-refractivity contribution in [3.63, 3.8) is 0 Å². The monoisotopic (exact) mass is 265 g/mol. The van der Waals surface area contributed by atoms with Gasteiger partial charge in [0.1, 0.15) is 0 Å². The van der Waals surface area contributed by atoms with Crippen LogP contribution in [-0.2, 0) is 0 Å². The Balaban J connectivity index is 2.79. The Morgan fingerprint density at radius 3 is 2.00 bits per heavy atom. The van der Waals surface area contributed by atoms with E-state index in [1.54, 1.807) is 0 Å². The predicted molar refractivity (Wildman–Crippen MR) is 47.3 cm³/mol. The molecule has 1 heterocycles. The van der Waals surface area contributed by atoms with Crippen LogP contribution in [0.15, 0.2) is 0 Å². The fourth-order valence-electron chi connectivity index (χ4n) is 1.92. The van der Waals surface area contributed by atoms with Gasteiger partial charge < -0.3 is 10.4 Å². The first kappa shape index (κ1) is 14.6. The first-order valence-electron chi connectivity index (χ1n) is 5.11. The van der Waals surface area contributed by atoms with Crippen LogP contribution in [0.4, 0.5) is 26.3 Å². The molecule has 0 aromatic rings. The first-order chi connectivity index (χ1) is 7.55. The Bertz CT molecular complexity index is 241. The van der Waals surface area contributed by atoms with Crippen LogP contribution in [0.3, 0.4) is 0 Å². The third kappa shape index (κ3) is 4.02. The summed E-state index contributed by atoms with van der Waals surface area (Å²) < 4.78 is 73.7. The van der Waals surface area contributed by atoms with Crippen LogP contribution in [0.25, 0.3) is 0 Å². The van der Waals surface area contributed by atoms with Crippen LogP contribution in [0.2, 0.25) is 0 Å². The van der Waals surface area contributed by atoms with E-state index in [-0.39, 0.29) is 13.0 Å². The molecule has 0 bridgehead atoms. The molecule has 8 heteroatoms. The number of alkyl halides is 6. The molecule has 1 saturated heterocycles. The topological polar surface area (TPSA) is 32.3 Å². The maximum Gasteiger partial charge on any atom is 0.400 e. The van der Waals surface area contributed by atoms with Gasteiger partial charge in [0.05, 0.1) is 5.60 Å². The summed E-state index contributed by atoms with van der Waals surface area (Å²) >= 11 is 0. The summed E-state index contributed by atoms with van der Waals surface area (Å²) in [7, 11) is 0. The fourth-order valence-corrected chi connectivity index (χ4v) is 1.92. The molecular weight excluding hydrogens is 252 g/mol. The van der Waals surface area contributed by atoms with E-state index in [0.29, 0.717) is 13.0 Å². The van der Waals surface area contributed by atoms with Gasteiger partial charge in [-0.3, -0.25) is 0 Å². The molecular formula is C9H13F6NO. The summed E-state index contributed by atoms with van der Waals surface area (Å²) in [6, 6.07) is 0. The summed E-state index contributed by atoms with van der Waals surface area (Å²) in [5.74, 6) is -3.47. The third-order valence-corrected chi connectivity index (χ3v) is 2.82. The van der Waals surface area contributed by atoms with E-state index in [0.717, 1.165) is 0 Å². The van der Waals surface area contributed by atoms with Crippen LogP contribution in [0, 0.1) is 5.92 Å². The van der Waals surface area contributed by atoms with Crippen molar-refractivity contribution in [2.24, 2.45) is 5.92 Å². The molecule has 0 spiro atoms. The summed E-state index contributed by atoms with van der Waals surface area (Å²) in [4.78, 5) is 0. The third-order valence-electron chi connectivity index (χ3n) is 2.82. The zero-order chi connectivity index (χ0) is 13.3. The Labute approximate surface area is 94.0 Å². The van der Waals surface area contributed by atoms with Gasteiger partial charge in [-0.15, -0.1) is 0 Å². The van der Waals surface area contributed by atoms with Crippen molar-refractivity contribution in [1.82, 2.24) is 5.32 Å². The Hall–Kier alpha value is -0.500. The number of piperidine rings is 1. The maximum absolute atomic E-state index is 12.3. The van der Waals surface area contributed by atoms with Crippen LogP contribution in [-0.4, -0.2) is 36.1 Å². The van der Waals surface area contributed by atoms with Crippen molar-refractivity contribution in [2.45, 2.75) is 37.2 Å². The Morgan fingerprint density at radius 2 is 1.65 bits per heavy atom. The van der Waals surface area contributed by atoms with Crippen LogP contribution in [0.1, 0.15) is 19.3 Å². The summed E-state index contributed by atoms with van der Waals surface area (Å²) in [6.07, 6.45) is -11.8. The summed E-state index contributed by atoms with van der Waals surface area (Å²) in [5, 5.41) is 12.3. The van der Waals surface area contributed by atoms with E-state index in [1.807, 2.05) is 0 Å². The predicted octanol–water partition coefficient (Wildman–Crippen LogP) is 2.23. The number of halogens is 6. The van der Waals surface area contributed by atoms with Gasteiger partial charge in [-0.25, -0.2) is 0 Å². The quantitative estimate of drug-likeness (QED) is 0.750. The van der Waals surface area contributed by atoms with Crippen LogP contribution in [0.5, 0.6) is 0 Å². The molecule has 1 aliphatic heterocycles. The van der Waals surface area contributed by atoms with Crippen molar-refractivity contribution in [3.8, 4) is 0 Å². The molecule has 102 valence electrons. The highest BCUT2D eigenvalue weighted by molar-refractivity contribution is 4.91. The maximum atomic E-state index is 12.3. The highest BCUT2D eigenvalue weighted by Gasteiger charge is 2.58. The molecule has 0 aromatic heterocycles. The smallest absolute Gasteiger partial charge is 0.389 e. The van der Waals surface area contributed by atoms with E-state index in [4.69, 9.17) is 0 Å². The van der Waals surface area contributed by atoms with Crippen molar-refractivity contribution in [1.29, 1.82) is 0 Å². The minimum Gasteiger partial charge on any atom is -0.389 e. The summed E-state index contributed by atoms with van der Waals surface area (Å²) in [5.41, 5.74) is -1.94. The molecule has 1 atom stereocenters. The van der Waals surface area contributed by atoms with Gasteiger partial charge in [0, 0.05) is 6.54 Å². The molecule has 2 nitrogen and oxygen atoms in total. The molecule has 0 aliphatic carbocycles. The molecule has 0 amide bonds. The van der Waals surface area contributed by atoms with Crippen molar-refractivity contribution < 1.29 is 31.4 Å². The lowest BCUT2D eigenvalue weighted by Crippen LogP contribution is -2.51. The van der Waals surface area contributed by atoms with Crippen molar-refractivity contribution >= 4 is 0 Å². The zero-order valence-electron chi connectivity index (χ0n) is 8.83. The molecule has 2 N–H and O–H groups in total. The van der Waals surface area contributed by atoms with E-state index in [2.05, 4.69) is 5.32 Å². The lowest BCUT2D eigenvalue weighted by atomic mass is 9.84. The van der Waals surface area contributed by atoms with Gasteiger partial charge in [-0.2, -0.15) is 26.3 Å². The minimum atomic E-state index is -5.38. The second kappa shape index (κ2) is 4.64. The second-order valence-corrected chi connectivity index (χ2v) is 4.34. The molecule has 0 radical (unpaired) electrons. The Kier molecular flexibility index (Phi) is 3.97. The number of β-amino-alcohol motifs (C(OH)–C–C–N with tert-alkyl or cyclic N) is 1. The fraction of sp³-hybridized carbons (Fsp3) is 1.00. The molecule has 0 saturated carbocycles. The molecule has 1 aliphatic rings. The van der Waals surface area contributed by atoms with Gasteiger partial charge >= 0.3 is 12.4 Å². The highest BCUT2D eigenvalue weighted by atomic mass is 19.4. The standard InChI is InChI=1S/C9H13F6NO/c10-8(11,12)6(9(13,14)15)4-7(17)2-1-3-16-5-7/h6,16-17H,1-5H2.